The van der Waals surface area contributed by atoms with Gasteiger partial charge in [0.2, 0.25) is 0 Å². The molecule has 0 saturated heterocycles. The van der Waals surface area contributed by atoms with Gasteiger partial charge in [0.05, 0.1) is 0 Å². The van der Waals surface area contributed by atoms with E-state index in [-0.39, 0.29) is 0 Å². The molecule has 0 fully saturated rings. The molecule has 5 heavy (non-hydrogen) atoms. The van der Waals surface area contributed by atoms with Crippen molar-refractivity contribution in [3.05, 3.63) is 0 Å². The molecular formula is HCl4N. The van der Waals surface area contributed by atoms with Crippen LogP contribution in [0, 0.1) is 0 Å². The molecule has 0 aliphatic rings. The van der Waals surface area contributed by atoms with Gasteiger partial charge in [-0.25, -0.2) is 0 Å². The Bertz CT molecular complexity index is 3.61. The SMILES string of the molecule is ClCl.ClNCl. The van der Waals surface area contributed by atoms with E-state index in [4.69, 9.17) is 0 Å². The van der Waals surface area contributed by atoms with Crippen LogP contribution in [-0.4, -0.2) is 0 Å². The lowest BCUT2D eigenvalue weighted by molar-refractivity contribution is 1.69. The second kappa shape index (κ2) is 19.3. The fourth-order valence-corrected chi connectivity index (χ4v) is 0. The zero-order valence-corrected chi connectivity index (χ0v) is 5.04. The van der Waals surface area contributed by atoms with Crippen LogP contribution < -0.4 is 4.35 Å². The monoisotopic (exact) mass is 155 g/mol. The third kappa shape index (κ3) is 39.7. The Balaban J connectivity index is 0. The van der Waals surface area contributed by atoms with Gasteiger partial charge in [-0.3, -0.25) is 0 Å². The average molecular weight is 157 g/mol. The van der Waals surface area contributed by atoms with Gasteiger partial charge in [-0.2, -0.15) is 0 Å². The van der Waals surface area contributed by atoms with Crippen molar-refractivity contribution in [2.75, 3.05) is 0 Å². The summed E-state index contributed by atoms with van der Waals surface area (Å²) in [5.41, 5.74) is 0. The quantitative estimate of drug-likeness (QED) is 0.531. The smallest absolute Gasteiger partial charge is 0 e. The molecule has 0 radical (unpaired) electrons. The molecule has 0 aromatic heterocycles. The van der Waals surface area contributed by atoms with Gasteiger partial charge in [-0.05, 0) is 23.6 Å². The summed E-state index contributed by atoms with van der Waals surface area (Å²) in [5.74, 6) is 0. The van der Waals surface area contributed by atoms with Gasteiger partial charge in [0, 0.05) is 21.7 Å². The minimum absolute atomic E-state index is 1.69. The summed E-state index contributed by atoms with van der Waals surface area (Å²) in [4.78, 5) is 0. The molecule has 1 nitrogen and oxygen atoms in total. The zero-order valence-electron chi connectivity index (χ0n) is 2.01. The molecule has 0 aliphatic heterocycles. The lowest BCUT2D eigenvalue weighted by Gasteiger charge is -1.49. The first-order valence-corrected chi connectivity index (χ1v) is 2.42. The van der Waals surface area contributed by atoms with Gasteiger partial charge in [0.25, 0.3) is 0 Å². The molecule has 0 spiro atoms. The lowest BCUT2D eigenvalue weighted by Crippen LogP contribution is -1.59. The molecule has 0 unspecified atom stereocenters. The average Bonchev–Trinajstić information content (AvgIpc) is 1.46. The molecule has 1 N–H and O–H groups in total. The first-order chi connectivity index (χ1) is 2.41. The van der Waals surface area contributed by atoms with Gasteiger partial charge < -0.3 is 0 Å². The van der Waals surface area contributed by atoms with E-state index in [0.29, 0.717) is 0 Å². The van der Waals surface area contributed by atoms with Crippen LogP contribution in [0.15, 0.2) is 0 Å². The van der Waals surface area contributed by atoms with Crippen LogP contribution in [0.25, 0.3) is 0 Å². The molecule has 0 aromatic carbocycles. The Kier molecular flexibility index (Phi) is 36.6. The molecule has 0 bridgehead atoms. The molecule has 0 aliphatic carbocycles. The van der Waals surface area contributed by atoms with E-state index in [1.54, 1.807) is 4.35 Å². The molecule has 0 saturated carbocycles. The highest BCUT2D eigenvalue weighted by molar-refractivity contribution is 6.85. The van der Waals surface area contributed by atoms with Gasteiger partial charge in [-0.1, -0.05) is 0 Å². The number of rotatable bonds is 0. The van der Waals surface area contributed by atoms with E-state index < -0.39 is 0 Å². The van der Waals surface area contributed by atoms with Crippen LogP contribution in [0.1, 0.15) is 0 Å². The van der Waals surface area contributed by atoms with Crippen molar-refractivity contribution in [1.82, 2.24) is 4.35 Å². The van der Waals surface area contributed by atoms with E-state index in [1.807, 2.05) is 0 Å². The molecule has 5 heteroatoms. The number of halogens is 4. The molecular weight excluding hydrogens is 156 g/mol. The highest BCUT2D eigenvalue weighted by Gasteiger charge is 1.34. The Morgan fingerprint density at radius 1 is 1.00 bits per heavy atom. The van der Waals surface area contributed by atoms with Crippen LogP contribution in [0.4, 0.5) is 0 Å². The maximum atomic E-state index is 4.51. The first-order valence-electron chi connectivity index (χ1n) is 0.521. The van der Waals surface area contributed by atoms with Crippen LogP contribution >= 0.6 is 45.3 Å². The summed E-state index contributed by atoms with van der Waals surface area (Å²) in [6.45, 7) is 0. The Hall–Kier alpha value is 1.12. The van der Waals surface area contributed by atoms with Gasteiger partial charge in [-0.15, -0.1) is 4.35 Å². The van der Waals surface area contributed by atoms with Gasteiger partial charge in [0.1, 0.15) is 0 Å². The molecule has 0 amide bonds. The highest BCUT2D eigenvalue weighted by Crippen LogP contribution is 1.69. The van der Waals surface area contributed by atoms with Crippen molar-refractivity contribution in [2.45, 2.75) is 0 Å². The van der Waals surface area contributed by atoms with E-state index in [1.165, 1.54) is 0 Å². The summed E-state index contributed by atoms with van der Waals surface area (Å²) in [7, 11) is 8.22. The van der Waals surface area contributed by atoms with Crippen molar-refractivity contribution in [3.8, 4) is 0 Å². The fraction of sp³-hybridized carbons (Fsp3) is 0. The van der Waals surface area contributed by atoms with Crippen molar-refractivity contribution in [2.24, 2.45) is 0 Å². The Morgan fingerprint density at radius 3 is 1.00 bits per heavy atom. The predicted molar refractivity (Wildman–Crippen MR) is 26.5 cm³/mol. The van der Waals surface area contributed by atoms with Gasteiger partial charge >= 0.3 is 0 Å². The topological polar surface area (TPSA) is 12.0 Å². The summed E-state index contributed by atoms with van der Waals surface area (Å²) in [5, 5.41) is 0. The van der Waals surface area contributed by atoms with Crippen LogP contribution in [0.2, 0.25) is 0 Å². The Morgan fingerprint density at radius 2 is 1.00 bits per heavy atom. The maximum absolute atomic E-state index is 4.51. The summed E-state index contributed by atoms with van der Waals surface area (Å²) < 4.78 is 1.69. The van der Waals surface area contributed by atoms with Crippen LogP contribution in [0.5, 0.6) is 0 Å². The first kappa shape index (κ1) is 9.45. The van der Waals surface area contributed by atoms with Crippen LogP contribution in [0.3, 0.4) is 0 Å². The zero-order chi connectivity index (χ0) is 4.71. The second-order valence-electron chi connectivity index (χ2n) is 0.0714. The highest BCUT2D eigenvalue weighted by atomic mass is 36.5. The second-order valence-corrected chi connectivity index (χ2v) is 0.643. The van der Waals surface area contributed by atoms with E-state index in [0.717, 1.165) is 0 Å². The third-order valence-electron chi connectivity index (χ3n) is 0. The fourth-order valence-electron chi connectivity index (χ4n) is 0. The van der Waals surface area contributed by atoms with Crippen molar-refractivity contribution in [1.29, 1.82) is 0 Å². The van der Waals surface area contributed by atoms with E-state index >= 15 is 0 Å². The number of nitrogens with one attached hydrogen (secondary N) is 1. The normalized spacial score (nSPS) is 4.80. The van der Waals surface area contributed by atoms with Crippen molar-refractivity contribution in [3.63, 3.8) is 0 Å². The van der Waals surface area contributed by atoms with E-state index in [9.17, 15) is 0 Å². The third-order valence-corrected chi connectivity index (χ3v) is 0. The molecule has 34 valence electrons. The molecule has 0 atom stereocenters. The number of hydrogen-bond acceptors (Lipinski definition) is 1. The van der Waals surface area contributed by atoms with Gasteiger partial charge in [0.15, 0.2) is 0 Å². The maximum Gasteiger partial charge on any atom is 0 e. The van der Waals surface area contributed by atoms with E-state index in [2.05, 4.69) is 45.3 Å². The van der Waals surface area contributed by atoms with Crippen molar-refractivity contribution >= 4 is 45.3 Å². The number of hydrogen-bond donors (Lipinski definition) is 1. The standard InChI is InChI=1S/Cl2HN.Cl2/c1-3-2;1-2/h3H;. The Labute approximate surface area is 50.0 Å². The largest absolute Gasteiger partial charge is 0.145 e. The summed E-state index contributed by atoms with van der Waals surface area (Å²) in [6, 6.07) is 0. The van der Waals surface area contributed by atoms with Crippen molar-refractivity contribution < 1.29 is 0 Å². The minimum Gasteiger partial charge on any atom is -0.145 e. The lowest BCUT2D eigenvalue weighted by atomic mass is 13.9. The molecule has 0 rings (SSSR count). The predicted octanol–water partition coefficient (Wildman–Crippen LogP) is 2.26. The summed E-state index contributed by atoms with van der Waals surface area (Å²) in [6.07, 6.45) is 0. The minimum atomic E-state index is 1.69. The van der Waals surface area contributed by atoms with Crippen LogP contribution in [-0.2, 0) is 0 Å². The summed E-state index contributed by atoms with van der Waals surface area (Å²) >= 11 is 9.03. The molecule has 0 heterocycles. The molecule has 0 aromatic rings.